The van der Waals surface area contributed by atoms with Gasteiger partial charge in [0.05, 0.1) is 0 Å². The van der Waals surface area contributed by atoms with Gasteiger partial charge in [0.1, 0.15) is 5.75 Å². The van der Waals surface area contributed by atoms with Gasteiger partial charge in [0, 0.05) is 11.1 Å². The number of phenolic OH excluding ortho intramolecular Hbond substituents is 1. The maximum Gasteiger partial charge on any atom is 0.185 e. The zero-order valence-corrected chi connectivity index (χ0v) is 10.1. The van der Waals surface area contributed by atoms with Gasteiger partial charge in [0.2, 0.25) is 0 Å². The molecule has 0 bridgehead atoms. The summed E-state index contributed by atoms with van der Waals surface area (Å²) >= 11 is 0. The number of hydrogen-bond acceptors (Lipinski definition) is 2. The van der Waals surface area contributed by atoms with Crippen LogP contribution in [0.15, 0.2) is 54.6 Å². The Morgan fingerprint density at radius 2 is 1.83 bits per heavy atom. The molecule has 2 heteroatoms. The minimum absolute atomic E-state index is 0.0735. The molecule has 2 aromatic carbocycles. The lowest BCUT2D eigenvalue weighted by Gasteiger charge is -2.00. The highest BCUT2D eigenvalue weighted by atomic mass is 16.3. The Kier molecular flexibility index (Phi) is 3.58. The quantitative estimate of drug-likeness (QED) is 0.655. The molecule has 2 rings (SSSR count). The number of allylic oxidation sites excluding steroid dienone is 1. The van der Waals surface area contributed by atoms with Crippen molar-refractivity contribution in [1.29, 1.82) is 0 Å². The molecule has 0 aliphatic rings. The molecule has 0 saturated heterocycles. The van der Waals surface area contributed by atoms with E-state index in [2.05, 4.69) is 0 Å². The summed E-state index contributed by atoms with van der Waals surface area (Å²) in [6, 6.07) is 14.4. The summed E-state index contributed by atoms with van der Waals surface area (Å²) < 4.78 is 0. The van der Waals surface area contributed by atoms with Crippen molar-refractivity contribution in [1.82, 2.24) is 0 Å². The van der Waals surface area contributed by atoms with Gasteiger partial charge in [-0.05, 0) is 30.7 Å². The van der Waals surface area contributed by atoms with Gasteiger partial charge in [0.15, 0.2) is 5.78 Å². The summed E-state index contributed by atoms with van der Waals surface area (Å²) in [6.07, 6.45) is 3.10. The zero-order chi connectivity index (χ0) is 13.0. The largest absolute Gasteiger partial charge is 0.507 e. The van der Waals surface area contributed by atoms with Crippen molar-refractivity contribution in [2.75, 3.05) is 0 Å². The summed E-state index contributed by atoms with van der Waals surface area (Å²) in [5.41, 5.74) is 2.27. The molecule has 90 valence electrons. The van der Waals surface area contributed by atoms with E-state index in [1.807, 2.05) is 31.2 Å². The van der Waals surface area contributed by atoms with Gasteiger partial charge in [-0.3, -0.25) is 4.79 Å². The molecule has 0 spiro atoms. The van der Waals surface area contributed by atoms with E-state index in [9.17, 15) is 9.90 Å². The molecule has 0 heterocycles. The van der Waals surface area contributed by atoms with Gasteiger partial charge in [-0.15, -0.1) is 0 Å². The molecule has 0 saturated carbocycles. The fraction of sp³-hybridized carbons (Fsp3) is 0.0625. The van der Waals surface area contributed by atoms with Crippen molar-refractivity contribution in [3.63, 3.8) is 0 Å². The van der Waals surface area contributed by atoms with Crippen molar-refractivity contribution >= 4 is 11.9 Å². The number of aryl methyl sites for hydroxylation is 1. The molecule has 0 unspecified atom stereocenters. The molecule has 0 aliphatic carbocycles. The van der Waals surface area contributed by atoms with E-state index in [1.165, 1.54) is 6.08 Å². The zero-order valence-electron chi connectivity index (χ0n) is 10.1. The lowest BCUT2D eigenvalue weighted by molar-refractivity contribution is 0.104. The Morgan fingerprint density at radius 3 is 2.50 bits per heavy atom. The number of carbonyl (C=O) groups excluding carboxylic acids is 1. The molecule has 2 nitrogen and oxygen atoms in total. The van der Waals surface area contributed by atoms with E-state index >= 15 is 0 Å². The van der Waals surface area contributed by atoms with Crippen LogP contribution in [-0.2, 0) is 0 Å². The van der Waals surface area contributed by atoms with Crippen LogP contribution in [-0.4, -0.2) is 10.9 Å². The van der Waals surface area contributed by atoms with Crippen molar-refractivity contribution in [3.05, 3.63) is 71.3 Å². The second-order valence-electron chi connectivity index (χ2n) is 4.13. The van der Waals surface area contributed by atoms with Crippen LogP contribution >= 0.6 is 0 Å². The van der Waals surface area contributed by atoms with Gasteiger partial charge in [0.25, 0.3) is 0 Å². The van der Waals surface area contributed by atoms with Crippen LogP contribution in [0.3, 0.4) is 0 Å². The Morgan fingerprint density at radius 1 is 1.11 bits per heavy atom. The van der Waals surface area contributed by atoms with E-state index in [1.54, 1.807) is 30.3 Å². The van der Waals surface area contributed by atoms with Crippen LogP contribution in [0.5, 0.6) is 5.75 Å². The van der Waals surface area contributed by atoms with Crippen molar-refractivity contribution in [3.8, 4) is 5.75 Å². The van der Waals surface area contributed by atoms with E-state index in [0.29, 0.717) is 11.1 Å². The predicted octanol–water partition coefficient (Wildman–Crippen LogP) is 3.60. The third kappa shape index (κ3) is 2.86. The molecule has 0 atom stereocenters. The first-order valence-electron chi connectivity index (χ1n) is 5.74. The number of ketones is 1. The molecule has 1 N–H and O–H groups in total. The smallest absolute Gasteiger partial charge is 0.185 e. The van der Waals surface area contributed by atoms with E-state index < -0.39 is 0 Å². The minimum Gasteiger partial charge on any atom is -0.507 e. The first-order chi connectivity index (χ1) is 8.66. The molecule has 2 aromatic rings. The first-order valence-corrected chi connectivity index (χ1v) is 5.74. The Bertz CT molecular complexity index is 583. The summed E-state index contributed by atoms with van der Waals surface area (Å²) in [6.45, 7) is 1.91. The summed E-state index contributed by atoms with van der Waals surface area (Å²) in [5, 5.41) is 9.71. The average Bonchev–Trinajstić information content (AvgIpc) is 2.38. The van der Waals surface area contributed by atoms with E-state index in [-0.39, 0.29) is 11.5 Å². The third-order valence-electron chi connectivity index (χ3n) is 2.66. The van der Waals surface area contributed by atoms with Crippen LogP contribution in [0.25, 0.3) is 6.08 Å². The molecule has 18 heavy (non-hydrogen) atoms. The number of benzene rings is 2. The average molecular weight is 238 g/mol. The highest BCUT2D eigenvalue weighted by Gasteiger charge is 2.01. The van der Waals surface area contributed by atoms with Crippen LogP contribution < -0.4 is 0 Å². The van der Waals surface area contributed by atoms with Crippen molar-refractivity contribution < 1.29 is 9.90 Å². The monoisotopic (exact) mass is 238 g/mol. The number of carbonyl (C=O) groups is 1. The van der Waals surface area contributed by atoms with Gasteiger partial charge < -0.3 is 5.11 Å². The normalized spacial score (nSPS) is 10.7. The number of aromatic hydroxyl groups is 1. The summed E-state index contributed by atoms with van der Waals surface area (Å²) in [4.78, 5) is 11.8. The van der Waals surface area contributed by atoms with Crippen LogP contribution in [0.2, 0.25) is 0 Å². The molecule has 0 radical (unpaired) electrons. The number of rotatable bonds is 3. The lowest BCUT2D eigenvalue weighted by atomic mass is 10.1. The number of hydrogen-bond donors (Lipinski definition) is 1. The highest BCUT2D eigenvalue weighted by Crippen LogP contribution is 2.20. The number of phenols is 1. The van der Waals surface area contributed by atoms with Crippen molar-refractivity contribution in [2.45, 2.75) is 6.92 Å². The second kappa shape index (κ2) is 5.32. The maximum atomic E-state index is 11.8. The van der Waals surface area contributed by atoms with Gasteiger partial charge in [-0.2, -0.15) is 0 Å². The molecule has 0 aliphatic heterocycles. The van der Waals surface area contributed by atoms with Crippen LogP contribution in [0.1, 0.15) is 21.5 Å². The minimum atomic E-state index is -0.0735. The topological polar surface area (TPSA) is 37.3 Å². The molecule has 0 aromatic heterocycles. The van der Waals surface area contributed by atoms with Gasteiger partial charge in [-0.1, -0.05) is 42.5 Å². The molecular formula is C16H14O2. The molecule has 0 amide bonds. The molecular weight excluding hydrogens is 224 g/mol. The Labute approximate surface area is 106 Å². The first kappa shape index (κ1) is 12.1. The van der Waals surface area contributed by atoms with Crippen molar-refractivity contribution in [2.24, 2.45) is 0 Å². The van der Waals surface area contributed by atoms with Crippen LogP contribution in [0, 0.1) is 6.92 Å². The van der Waals surface area contributed by atoms with Crippen LogP contribution in [0.4, 0.5) is 0 Å². The summed E-state index contributed by atoms with van der Waals surface area (Å²) in [5.74, 6) is 0.114. The summed E-state index contributed by atoms with van der Waals surface area (Å²) in [7, 11) is 0. The standard InChI is InChI=1S/C16H14O2/c1-12-7-8-14(16(18)11-12)9-10-15(17)13-5-3-2-4-6-13/h2-11,18H,1H3. The predicted molar refractivity (Wildman–Crippen MR) is 72.7 cm³/mol. The SMILES string of the molecule is Cc1ccc(C=CC(=O)c2ccccc2)c(O)c1. The fourth-order valence-corrected chi connectivity index (χ4v) is 1.66. The molecule has 0 fully saturated rings. The maximum absolute atomic E-state index is 11.8. The Balaban J connectivity index is 2.19. The van der Waals surface area contributed by atoms with Gasteiger partial charge in [-0.25, -0.2) is 0 Å². The fourth-order valence-electron chi connectivity index (χ4n) is 1.66. The Hall–Kier alpha value is -2.35. The highest BCUT2D eigenvalue weighted by molar-refractivity contribution is 6.06. The van der Waals surface area contributed by atoms with E-state index in [4.69, 9.17) is 0 Å². The third-order valence-corrected chi connectivity index (χ3v) is 2.66. The van der Waals surface area contributed by atoms with Gasteiger partial charge >= 0.3 is 0 Å². The van der Waals surface area contributed by atoms with E-state index in [0.717, 1.165) is 5.56 Å². The lowest BCUT2D eigenvalue weighted by Crippen LogP contribution is -1.92. The second-order valence-corrected chi connectivity index (χ2v) is 4.13.